The van der Waals surface area contributed by atoms with Crippen molar-refractivity contribution in [2.24, 2.45) is 5.92 Å². The second kappa shape index (κ2) is 10.2. The summed E-state index contributed by atoms with van der Waals surface area (Å²) >= 11 is 3.63. The van der Waals surface area contributed by atoms with Gasteiger partial charge in [-0.15, -0.1) is 0 Å². The number of fused-ring (bicyclic) bond motifs is 7. The zero-order valence-electron chi connectivity index (χ0n) is 24.6. The van der Waals surface area contributed by atoms with E-state index in [9.17, 15) is 5.11 Å². The summed E-state index contributed by atoms with van der Waals surface area (Å²) in [6.45, 7) is 3.27. The number of benzene rings is 2. The lowest BCUT2D eigenvalue weighted by Gasteiger charge is -2.35. The van der Waals surface area contributed by atoms with Crippen molar-refractivity contribution < 1.29 is 14.2 Å². The smallest absolute Gasteiger partial charge is 0.319 e. The lowest BCUT2D eigenvalue weighted by Crippen LogP contribution is -2.51. The van der Waals surface area contributed by atoms with Gasteiger partial charge in [0.05, 0.1) is 10.9 Å². The molecule has 1 aliphatic carbocycles. The molecule has 1 saturated carbocycles. The number of rotatable bonds is 5. The van der Waals surface area contributed by atoms with Gasteiger partial charge in [-0.1, -0.05) is 34.5 Å². The van der Waals surface area contributed by atoms with E-state index < -0.39 is 5.82 Å². The molecular formula is C34H36BrFN6O2. The van der Waals surface area contributed by atoms with Gasteiger partial charge in [-0.05, 0) is 81.0 Å². The predicted molar refractivity (Wildman–Crippen MR) is 172 cm³/mol. The number of aromatic nitrogens is 3. The molecular weight excluding hydrogens is 623 g/mol. The van der Waals surface area contributed by atoms with Crippen molar-refractivity contribution in [3.8, 4) is 23.0 Å². The first-order chi connectivity index (χ1) is 21.5. The third kappa shape index (κ3) is 4.24. The van der Waals surface area contributed by atoms with Gasteiger partial charge in [0, 0.05) is 52.8 Å². The van der Waals surface area contributed by atoms with Gasteiger partial charge in [0.1, 0.15) is 29.4 Å². The van der Waals surface area contributed by atoms with E-state index in [4.69, 9.17) is 14.7 Å². The molecule has 0 amide bonds. The number of hydrogen-bond donors (Lipinski definition) is 2. The quantitative estimate of drug-likeness (QED) is 0.263. The molecule has 4 aromatic rings. The van der Waals surface area contributed by atoms with Crippen molar-refractivity contribution in [2.45, 2.75) is 75.0 Å². The maximum absolute atomic E-state index is 16.8. The number of anilines is 1. The Morgan fingerprint density at radius 3 is 2.82 bits per heavy atom. The molecule has 5 fully saturated rings. The Morgan fingerprint density at radius 2 is 1.95 bits per heavy atom. The number of aromatic hydroxyl groups is 1. The van der Waals surface area contributed by atoms with E-state index in [-0.39, 0.29) is 28.5 Å². The fourth-order valence-corrected chi connectivity index (χ4v) is 9.90. The Morgan fingerprint density at radius 1 is 1.09 bits per heavy atom. The predicted octanol–water partition coefficient (Wildman–Crippen LogP) is 6.18. The third-order valence-corrected chi connectivity index (χ3v) is 11.8. The van der Waals surface area contributed by atoms with Crippen molar-refractivity contribution in [1.29, 1.82) is 0 Å². The lowest BCUT2D eigenvalue weighted by molar-refractivity contribution is 0.0832. The Labute approximate surface area is 264 Å². The summed E-state index contributed by atoms with van der Waals surface area (Å²) in [7, 11) is 0. The van der Waals surface area contributed by atoms with Gasteiger partial charge in [-0.2, -0.15) is 9.97 Å². The van der Waals surface area contributed by atoms with Crippen molar-refractivity contribution >= 4 is 43.4 Å². The molecule has 0 radical (unpaired) electrons. The molecule has 44 heavy (non-hydrogen) atoms. The maximum Gasteiger partial charge on any atom is 0.319 e. The van der Waals surface area contributed by atoms with E-state index >= 15 is 4.39 Å². The molecule has 5 atom stereocenters. The standard InChI is InChI=1S/C34H36BrFN6O2/c35-26-6-1-4-19-12-23(43)13-24(28(19)26)30-29(36)31-25(15-37-30)32(41-16-21-8-9-22(17-41)38-21)40-33(39-31)44-18-34-10-3-11-42(34)27-7-2-5-20(27)14-34/h1,4,6,12-13,15,20-22,27,38,43H,2-3,5,7-11,14,16-18H2/t20-,21?,22?,27-,34+/m0/s1. The normalized spacial score (nSPS) is 29.5. The Hall–Kier alpha value is -3.08. The second-order valence-electron chi connectivity index (χ2n) is 13.7. The van der Waals surface area contributed by atoms with Gasteiger partial charge >= 0.3 is 6.01 Å². The van der Waals surface area contributed by atoms with Gasteiger partial charge in [-0.25, -0.2) is 4.39 Å². The number of phenolic OH excluding ortho intramolecular Hbond substituents is 1. The molecule has 6 heterocycles. The first-order valence-corrected chi connectivity index (χ1v) is 16.9. The number of ether oxygens (including phenoxy) is 1. The summed E-state index contributed by atoms with van der Waals surface area (Å²) < 4.78 is 24.1. The van der Waals surface area contributed by atoms with Crippen LogP contribution in [0.5, 0.6) is 11.8 Å². The average Bonchev–Trinajstić information content (AvgIpc) is 3.77. The number of piperazine rings is 1. The monoisotopic (exact) mass is 658 g/mol. The number of nitrogens with one attached hydrogen (secondary N) is 1. The van der Waals surface area contributed by atoms with E-state index in [1.165, 1.54) is 32.1 Å². The summed E-state index contributed by atoms with van der Waals surface area (Å²) in [5, 5.41) is 16.4. The maximum atomic E-state index is 16.8. The molecule has 5 aliphatic rings. The molecule has 228 valence electrons. The third-order valence-electron chi connectivity index (χ3n) is 11.1. The van der Waals surface area contributed by atoms with Crippen LogP contribution in [0.15, 0.2) is 41.0 Å². The summed E-state index contributed by atoms with van der Waals surface area (Å²) in [5.74, 6) is 0.961. The molecule has 10 heteroatoms. The van der Waals surface area contributed by atoms with Crippen LogP contribution in [0.3, 0.4) is 0 Å². The second-order valence-corrected chi connectivity index (χ2v) is 14.5. The minimum absolute atomic E-state index is 0.0249. The highest BCUT2D eigenvalue weighted by atomic mass is 79.9. The fraction of sp³-hybridized carbons (Fsp3) is 0.500. The van der Waals surface area contributed by atoms with Crippen LogP contribution in [-0.4, -0.2) is 74.9 Å². The largest absolute Gasteiger partial charge is 0.508 e. The molecule has 4 saturated heterocycles. The van der Waals surface area contributed by atoms with Crippen molar-refractivity contribution in [2.75, 3.05) is 31.1 Å². The lowest BCUT2D eigenvalue weighted by atomic mass is 9.90. The minimum atomic E-state index is -0.534. The number of hydrogen-bond acceptors (Lipinski definition) is 8. The van der Waals surface area contributed by atoms with Gasteiger partial charge in [0.15, 0.2) is 5.82 Å². The molecule has 2 aromatic carbocycles. The molecule has 2 aromatic heterocycles. The molecule has 2 unspecified atom stereocenters. The van der Waals surface area contributed by atoms with E-state index in [2.05, 4.69) is 36.0 Å². The summed E-state index contributed by atoms with van der Waals surface area (Å²) in [4.78, 5) is 19.4. The zero-order valence-corrected chi connectivity index (χ0v) is 26.2. The van der Waals surface area contributed by atoms with Crippen LogP contribution < -0.4 is 15.0 Å². The average molecular weight is 660 g/mol. The highest BCUT2D eigenvalue weighted by Gasteiger charge is 2.55. The minimum Gasteiger partial charge on any atom is -0.508 e. The highest BCUT2D eigenvalue weighted by molar-refractivity contribution is 9.10. The van der Waals surface area contributed by atoms with Crippen LogP contribution in [0.4, 0.5) is 10.2 Å². The Kier molecular flexibility index (Phi) is 6.33. The van der Waals surface area contributed by atoms with E-state index in [1.54, 1.807) is 18.3 Å². The number of pyridine rings is 1. The molecule has 2 N–H and O–H groups in total. The topological polar surface area (TPSA) is 86.6 Å². The first-order valence-electron chi connectivity index (χ1n) is 16.1. The van der Waals surface area contributed by atoms with Crippen LogP contribution in [0.25, 0.3) is 32.9 Å². The van der Waals surface area contributed by atoms with E-state index in [1.807, 2.05) is 18.2 Å². The molecule has 2 bridgehead atoms. The number of nitrogens with zero attached hydrogens (tertiary/aromatic N) is 5. The van der Waals surface area contributed by atoms with Crippen molar-refractivity contribution in [3.05, 3.63) is 46.8 Å². The number of halogens is 2. The van der Waals surface area contributed by atoms with E-state index in [0.717, 1.165) is 60.1 Å². The van der Waals surface area contributed by atoms with Gasteiger partial charge in [0.2, 0.25) is 0 Å². The van der Waals surface area contributed by atoms with Gasteiger partial charge in [-0.3, -0.25) is 9.88 Å². The summed E-state index contributed by atoms with van der Waals surface area (Å²) in [5.41, 5.74) is 0.878. The Bertz CT molecular complexity index is 1790. The molecule has 0 spiro atoms. The van der Waals surface area contributed by atoms with Crippen LogP contribution >= 0.6 is 15.9 Å². The molecule has 9 rings (SSSR count). The Balaban J connectivity index is 1.16. The van der Waals surface area contributed by atoms with Crippen LogP contribution in [-0.2, 0) is 0 Å². The summed E-state index contributed by atoms with van der Waals surface area (Å²) in [6.07, 6.45) is 11.4. The highest BCUT2D eigenvalue weighted by Crippen LogP contribution is 2.51. The number of phenols is 1. The van der Waals surface area contributed by atoms with Crippen LogP contribution in [0.1, 0.15) is 51.4 Å². The van der Waals surface area contributed by atoms with Crippen molar-refractivity contribution in [1.82, 2.24) is 25.2 Å². The van der Waals surface area contributed by atoms with Crippen LogP contribution in [0.2, 0.25) is 0 Å². The van der Waals surface area contributed by atoms with Gasteiger partial charge in [0.25, 0.3) is 0 Å². The summed E-state index contributed by atoms with van der Waals surface area (Å²) in [6, 6.07) is 10.6. The molecule has 4 aliphatic heterocycles. The fourth-order valence-electron chi connectivity index (χ4n) is 9.30. The van der Waals surface area contributed by atoms with Gasteiger partial charge < -0.3 is 20.1 Å². The SMILES string of the molecule is Oc1cc(-c2ncc3c(N4CC5CCC(C4)N5)nc(OC[C@]45CCCN4[C@H]4CCC[C@H]4C5)nc3c2F)c2c(Br)cccc2c1. The van der Waals surface area contributed by atoms with Crippen LogP contribution in [0, 0.1) is 11.7 Å². The van der Waals surface area contributed by atoms with E-state index in [0.29, 0.717) is 41.5 Å². The molecule has 8 nitrogen and oxygen atoms in total. The van der Waals surface area contributed by atoms with Crippen molar-refractivity contribution in [3.63, 3.8) is 0 Å². The first kappa shape index (κ1) is 27.2. The zero-order chi connectivity index (χ0) is 29.6.